The summed E-state index contributed by atoms with van der Waals surface area (Å²) >= 11 is 0. The van der Waals surface area contributed by atoms with Crippen LogP contribution in [-0.2, 0) is 0 Å². The van der Waals surface area contributed by atoms with Gasteiger partial charge < -0.3 is 5.32 Å². The van der Waals surface area contributed by atoms with Gasteiger partial charge in [0.25, 0.3) is 5.69 Å². The minimum Gasteiger partial charge on any atom is -0.371 e. The summed E-state index contributed by atoms with van der Waals surface area (Å²) in [6.45, 7) is 1.80. The number of aromatic nitrogens is 1. The van der Waals surface area contributed by atoms with Crippen LogP contribution in [0.5, 0.6) is 0 Å². The van der Waals surface area contributed by atoms with Crippen LogP contribution in [-0.4, -0.2) is 9.91 Å². The summed E-state index contributed by atoms with van der Waals surface area (Å²) < 4.78 is 13.7. The topological polar surface area (TPSA) is 68.1 Å². The van der Waals surface area contributed by atoms with Crippen molar-refractivity contribution in [3.05, 3.63) is 64.2 Å². The average Bonchev–Trinajstić information content (AvgIpc) is 2.41. The Balaban J connectivity index is 2.31. The molecule has 1 heterocycles. The molecule has 6 heteroatoms. The first-order chi connectivity index (χ1) is 9.09. The number of nitrogens with zero attached hydrogens (tertiary/aromatic N) is 2. The van der Waals surface area contributed by atoms with Crippen molar-refractivity contribution in [1.82, 2.24) is 4.98 Å². The van der Waals surface area contributed by atoms with E-state index < -0.39 is 10.7 Å². The fourth-order valence-electron chi connectivity index (χ4n) is 1.76. The summed E-state index contributed by atoms with van der Waals surface area (Å²) in [5, 5.41) is 13.7. The lowest BCUT2D eigenvalue weighted by Crippen LogP contribution is -2.10. The van der Waals surface area contributed by atoms with Crippen molar-refractivity contribution < 1.29 is 9.31 Å². The van der Waals surface area contributed by atoms with Crippen LogP contribution in [0.4, 0.5) is 15.8 Å². The highest BCUT2D eigenvalue weighted by molar-refractivity contribution is 5.63. The molecule has 0 aliphatic carbocycles. The molecule has 1 aromatic carbocycles. The third-order valence-corrected chi connectivity index (χ3v) is 2.76. The van der Waals surface area contributed by atoms with Gasteiger partial charge in [-0.05, 0) is 30.7 Å². The second-order valence-electron chi connectivity index (χ2n) is 4.04. The van der Waals surface area contributed by atoms with Gasteiger partial charge in [0, 0.05) is 24.5 Å². The van der Waals surface area contributed by atoms with Crippen LogP contribution in [0, 0.1) is 15.9 Å². The molecule has 1 atom stereocenters. The molecule has 1 unspecified atom stereocenters. The molecule has 0 saturated carbocycles. The van der Waals surface area contributed by atoms with Crippen LogP contribution in [0.2, 0.25) is 0 Å². The van der Waals surface area contributed by atoms with Gasteiger partial charge in [-0.15, -0.1) is 0 Å². The summed E-state index contributed by atoms with van der Waals surface area (Å²) in [5.74, 6) is -0.643. The number of hydrogen-bond acceptors (Lipinski definition) is 4. The van der Waals surface area contributed by atoms with Gasteiger partial charge in [-0.2, -0.15) is 0 Å². The Morgan fingerprint density at radius 2 is 2.00 bits per heavy atom. The van der Waals surface area contributed by atoms with E-state index in [0.717, 1.165) is 5.56 Å². The second-order valence-corrected chi connectivity index (χ2v) is 4.04. The van der Waals surface area contributed by atoms with Crippen molar-refractivity contribution >= 4 is 11.4 Å². The predicted molar refractivity (Wildman–Crippen MR) is 69.3 cm³/mol. The first-order valence-corrected chi connectivity index (χ1v) is 5.69. The van der Waals surface area contributed by atoms with Gasteiger partial charge in [0.15, 0.2) is 5.82 Å². The van der Waals surface area contributed by atoms with Crippen LogP contribution >= 0.6 is 0 Å². The van der Waals surface area contributed by atoms with Gasteiger partial charge >= 0.3 is 0 Å². The van der Waals surface area contributed by atoms with Gasteiger partial charge in [0.05, 0.1) is 4.92 Å². The van der Waals surface area contributed by atoms with Crippen LogP contribution in [0.15, 0.2) is 42.7 Å². The predicted octanol–water partition coefficient (Wildman–Crippen LogP) is 3.30. The monoisotopic (exact) mass is 261 g/mol. The number of hydrogen-bond donors (Lipinski definition) is 1. The summed E-state index contributed by atoms with van der Waals surface area (Å²) in [6.07, 6.45) is 3.23. The largest absolute Gasteiger partial charge is 0.371 e. The van der Waals surface area contributed by atoms with E-state index in [0.29, 0.717) is 0 Å². The number of rotatable bonds is 4. The van der Waals surface area contributed by atoms with E-state index in [2.05, 4.69) is 10.3 Å². The smallest absolute Gasteiger partial charge is 0.295 e. The highest BCUT2D eigenvalue weighted by atomic mass is 19.1. The molecule has 19 heavy (non-hydrogen) atoms. The quantitative estimate of drug-likeness (QED) is 0.677. The number of anilines is 1. The Morgan fingerprint density at radius 3 is 2.63 bits per heavy atom. The van der Waals surface area contributed by atoms with E-state index in [4.69, 9.17) is 0 Å². The minimum atomic E-state index is -0.643. The number of nitro groups is 1. The molecular weight excluding hydrogens is 249 g/mol. The number of nitrogens with one attached hydrogen (secondary N) is 1. The Bertz CT molecular complexity index is 590. The third-order valence-electron chi connectivity index (χ3n) is 2.76. The summed E-state index contributed by atoms with van der Waals surface area (Å²) in [6, 6.07) is 7.04. The molecule has 2 aromatic rings. The second kappa shape index (κ2) is 5.43. The molecule has 1 N–H and O–H groups in total. The normalized spacial score (nSPS) is 11.9. The number of benzene rings is 1. The average molecular weight is 261 g/mol. The molecule has 0 saturated heterocycles. The zero-order valence-electron chi connectivity index (χ0n) is 10.2. The minimum absolute atomic E-state index is 0.100. The Kier molecular flexibility index (Phi) is 3.70. The van der Waals surface area contributed by atoms with Gasteiger partial charge in [0.2, 0.25) is 0 Å². The Morgan fingerprint density at radius 1 is 1.32 bits per heavy atom. The Labute approximate surface area is 109 Å². The van der Waals surface area contributed by atoms with E-state index in [1.54, 1.807) is 31.5 Å². The molecular formula is C13H12FN3O2. The van der Waals surface area contributed by atoms with E-state index in [-0.39, 0.29) is 17.4 Å². The van der Waals surface area contributed by atoms with E-state index >= 15 is 0 Å². The molecule has 0 bridgehead atoms. The Hall–Kier alpha value is -2.50. The van der Waals surface area contributed by atoms with Crippen molar-refractivity contribution in [3.63, 3.8) is 0 Å². The molecule has 2 rings (SSSR count). The van der Waals surface area contributed by atoms with Crippen molar-refractivity contribution in [2.45, 2.75) is 13.0 Å². The molecule has 0 aliphatic rings. The van der Waals surface area contributed by atoms with Gasteiger partial charge in [0.1, 0.15) is 5.69 Å². The zero-order chi connectivity index (χ0) is 13.8. The van der Waals surface area contributed by atoms with E-state index in [9.17, 15) is 14.5 Å². The molecule has 0 fully saturated rings. The van der Waals surface area contributed by atoms with Crippen molar-refractivity contribution in [2.24, 2.45) is 0 Å². The molecule has 1 aromatic heterocycles. The summed E-state index contributed by atoms with van der Waals surface area (Å²) in [7, 11) is 0. The van der Waals surface area contributed by atoms with Crippen LogP contribution in [0.1, 0.15) is 18.5 Å². The molecule has 0 spiro atoms. The van der Waals surface area contributed by atoms with Crippen molar-refractivity contribution in [1.29, 1.82) is 0 Å². The molecule has 98 valence electrons. The van der Waals surface area contributed by atoms with Gasteiger partial charge in [-0.3, -0.25) is 15.1 Å². The first-order valence-electron chi connectivity index (χ1n) is 5.69. The maximum atomic E-state index is 13.7. The maximum Gasteiger partial charge on any atom is 0.295 e. The van der Waals surface area contributed by atoms with Crippen molar-refractivity contribution in [3.8, 4) is 0 Å². The van der Waals surface area contributed by atoms with Crippen LogP contribution in [0.25, 0.3) is 0 Å². The van der Waals surface area contributed by atoms with Crippen LogP contribution < -0.4 is 5.32 Å². The lowest BCUT2D eigenvalue weighted by molar-refractivity contribution is -0.384. The maximum absolute atomic E-state index is 13.7. The summed E-state index contributed by atoms with van der Waals surface area (Å²) in [4.78, 5) is 14.2. The van der Waals surface area contributed by atoms with Gasteiger partial charge in [-0.1, -0.05) is 6.07 Å². The molecule has 0 amide bonds. The fraction of sp³-hybridized carbons (Fsp3) is 0.154. The zero-order valence-corrected chi connectivity index (χ0v) is 10.2. The lowest BCUT2D eigenvalue weighted by Gasteiger charge is -2.15. The number of halogens is 1. The number of pyridine rings is 1. The number of para-hydroxylation sites is 1. The van der Waals surface area contributed by atoms with E-state index in [1.165, 1.54) is 18.2 Å². The first kappa shape index (κ1) is 12.9. The van der Waals surface area contributed by atoms with Crippen molar-refractivity contribution in [2.75, 3.05) is 5.32 Å². The fourth-order valence-corrected chi connectivity index (χ4v) is 1.76. The lowest BCUT2D eigenvalue weighted by atomic mass is 10.1. The third kappa shape index (κ3) is 2.85. The van der Waals surface area contributed by atoms with Crippen LogP contribution in [0.3, 0.4) is 0 Å². The van der Waals surface area contributed by atoms with E-state index in [1.807, 2.05) is 0 Å². The molecule has 0 aliphatic heterocycles. The molecule has 5 nitrogen and oxygen atoms in total. The summed E-state index contributed by atoms with van der Waals surface area (Å²) in [5.41, 5.74) is 0.491. The highest BCUT2D eigenvalue weighted by Gasteiger charge is 2.19. The molecule has 0 radical (unpaired) electrons. The standard InChI is InChI=1S/C13H12FN3O2/c1-9(10-5-7-15-8-6-10)16-13-11(14)3-2-4-12(13)17(18)19/h2-9,16H,1H3. The van der Waals surface area contributed by atoms with Gasteiger partial charge in [-0.25, -0.2) is 4.39 Å². The highest BCUT2D eigenvalue weighted by Crippen LogP contribution is 2.30. The number of nitro benzene ring substituents is 1. The SMILES string of the molecule is CC(Nc1c(F)cccc1[N+](=O)[O-])c1ccncc1.